The fourth-order valence-electron chi connectivity index (χ4n) is 4.89. The number of hydrogen-bond acceptors (Lipinski definition) is 4. The molecule has 34 heavy (non-hydrogen) atoms. The van der Waals surface area contributed by atoms with E-state index in [1.54, 1.807) is 0 Å². The molecule has 0 radical (unpaired) electrons. The summed E-state index contributed by atoms with van der Waals surface area (Å²) in [6.07, 6.45) is 15.7. The zero-order chi connectivity index (χ0) is 23.8. The molecule has 2 nitrogen and oxygen atoms in total. The molecule has 0 aliphatic rings. The highest BCUT2D eigenvalue weighted by molar-refractivity contribution is 7.36. The van der Waals surface area contributed by atoms with Gasteiger partial charge in [0.1, 0.15) is 0 Å². The molecule has 4 rings (SSSR count). The van der Waals surface area contributed by atoms with Crippen LogP contribution in [0.2, 0.25) is 0 Å². The summed E-state index contributed by atoms with van der Waals surface area (Å²) >= 11 is 3.88. The van der Waals surface area contributed by atoms with Gasteiger partial charge >= 0.3 is 0 Å². The molecule has 1 unspecified atom stereocenters. The van der Waals surface area contributed by atoms with Crippen molar-refractivity contribution < 1.29 is 0 Å². The maximum absolute atomic E-state index is 6.56. The Kier molecular flexibility index (Phi) is 9.67. The van der Waals surface area contributed by atoms with Crippen molar-refractivity contribution in [2.24, 2.45) is 5.73 Å². The second kappa shape index (κ2) is 12.9. The van der Waals surface area contributed by atoms with Gasteiger partial charge in [0.15, 0.2) is 0 Å². The number of hydrogen-bond donors (Lipinski definition) is 2. The monoisotopic (exact) mass is 494 g/mol. The number of benzene rings is 2. The van der Waals surface area contributed by atoms with Gasteiger partial charge in [-0.05, 0) is 36.6 Å². The molecule has 0 amide bonds. The molecule has 0 saturated carbocycles. The van der Waals surface area contributed by atoms with Crippen molar-refractivity contribution in [3.8, 4) is 0 Å². The summed E-state index contributed by atoms with van der Waals surface area (Å²) in [5, 5.41) is 6.43. The Bertz CT molecular complexity index is 1170. The Morgan fingerprint density at radius 1 is 0.706 bits per heavy atom. The molecule has 184 valence electrons. The number of fused-ring (bicyclic) bond motifs is 5. The highest BCUT2D eigenvalue weighted by Gasteiger charge is 2.14. The quantitative estimate of drug-likeness (QED) is 0.161. The summed E-state index contributed by atoms with van der Waals surface area (Å²) in [6.45, 7) is 5.62. The first-order chi connectivity index (χ1) is 16.7. The molecule has 0 spiro atoms. The van der Waals surface area contributed by atoms with Crippen molar-refractivity contribution in [3.63, 3.8) is 0 Å². The van der Waals surface area contributed by atoms with Crippen molar-refractivity contribution in [1.29, 1.82) is 0 Å². The molecule has 0 aliphatic heterocycles. The number of nitrogens with one attached hydrogen (secondary N) is 1. The van der Waals surface area contributed by atoms with Crippen LogP contribution in [0.1, 0.15) is 103 Å². The third-order valence-electron chi connectivity index (χ3n) is 7.01. The van der Waals surface area contributed by atoms with Gasteiger partial charge in [0.05, 0.1) is 9.40 Å². The van der Waals surface area contributed by atoms with Crippen LogP contribution in [0, 0.1) is 0 Å². The molecule has 2 heterocycles. The summed E-state index contributed by atoms with van der Waals surface area (Å²) in [6, 6.07) is 14.0. The molecular weight excluding hydrogens is 452 g/mol. The highest BCUT2D eigenvalue weighted by Crippen LogP contribution is 2.45. The van der Waals surface area contributed by atoms with Gasteiger partial charge in [0, 0.05) is 38.4 Å². The number of unbranched alkanes of at least 4 members (excludes halogenated alkanes) is 9. The zero-order valence-corrected chi connectivity index (χ0v) is 22.8. The molecule has 0 aliphatic carbocycles. The summed E-state index contributed by atoms with van der Waals surface area (Å²) < 4.78 is 5.64. The predicted molar refractivity (Wildman–Crippen MR) is 157 cm³/mol. The van der Waals surface area contributed by atoms with Crippen LogP contribution in [0.25, 0.3) is 29.6 Å². The average Bonchev–Trinajstić information content (AvgIpc) is 3.38. The van der Waals surface area contributed by atoms with E-state index in [1.807, 2.05) is 22.7 Å². The molecule has 3 N–H and O–H groups in total. The second-order valence-electron chi connectivity index (χ2n) is 9.83. The third kappa shape index (κ3) is 6.33. The Labute approximate surface area is 213 Å². The summed E-state index contributed by atoms with van der Waals surface area (Å²) in [5.41, 5.74) is 9.11. The van der Waals surface area contributed by atoms with Crippen LogP contribution in [0.3, 0.4) is 0 Å². The molecule has 0 fully saturated rings. The maximum atomic E-state index is 6.56. The van der Waals surface area contributed by atoms with Crippen LogP contribution in [0.4, 0.5) is 5.69 Å². The Hall–Kier alpha value is -1.62. The first kappa shape index (κ1) is 25.5. The van der Waals surface area contributed by atoms with Crippen LogP contribution in [-0.4, -0.2) is 6.54 Å². The minimum Gasteiger partial charge on any atom is -0.385 e. The van der Waals surface area contributed by atoms with Gasteiger partial charge in [-0.25, -0.2) is 0 Å². The smallest absolute Gasteiger partial charge is 0.0542 e. The number of nitrogens with two attached hydrogens (primary N) is 1. The lowest BCUT2D eigenvalue weighted by atomic mass is 10.00. The zero-order valence-electron chi connectivity index (χ0n) is 21.1. The molecule has 2 aromatic heterocycles. The molecule has 4 heteroatoms. The lowest BCUT2D eigenvalue weighted by molar-refractivity contribution is 0.555. The van der Waals surface area contributed by atoms with E-state index in [1.165, 1.54) is 111 Å². The van der Waals surface area contributed by atoms with Gasteiger partial charge in [-0.3, -0.25) is 0 Å². The summed E-state index contributed by atoms with van der Waals surface area (Å²) in [7, 11) is 0. The number of anilines is 1. The summed E-state index contributed by atoms with van der Waals surface area (Å²) in [4.78, 5) is 0. The predicted octanol–water partition coefficient (Wildman–Crippen LogP) is 10.4. The van der Waals surface area contributed by atoms with Gasteiger partial charge < -0.3 is 11.1 Å². The summed E-state index contributed by atoms with van der Waals surface area (Å²) in [5.74, 6) is 0. The minimum absolute atomic E-state index is 0.156. The van der Waals surface area contributed by atoms with E-state index in [9.17, 15) is 0 Å². The van der Waals surface area contributed by atoms with Crippen molar-refractivity contribution in [3.05, 3.63) is 42.0 Å². The van der Waals surface area contributed by atoms with Crippen molar-refractivity contribution >= 4 is 57.9 Å². The maximum Gasteiger partial charge on any atom is 0.0542 e. The fraction of sp³-hybridized carbons (Fsp3) is 0.533. The largest absolute Gasteiger partial charge is 0.385 e. The first-order valence-corrected chi connectivity index (χ1v) is 15.2. The van der Waals surface area contributed by atoms with Gasteiger partial charge in [-0.2, -0.15) is 0 Å². The fourth-order valence-corrected chi connectivity index (χ4v) is 7.63. The Morgan fingerprint density at radius 3 is 2.00 bits per heavy atom. The van der Waals surface area contributed by atoms with Crippen LogP contribution in [0.5, 0.6) is 0 Å². The van der Waals surface area contributed by atoms with Gasteiger partial charge in [0.25, 0.3) is 0 Å². The van der Waals surface area contributed by atoms with Crippen molar-refractivity contribution in [2.75, 3.05) is 11.9 Å². The number of thiophene rings is 2. The highest BCUT2D eigenvalue weighted by atomic mass is 32.1. The van der Waals surface area contributed by atoms with E-state index in [2.05, 4.69) is 55.6 Å². The number of rotatable bonds is 15. The lowest BCUT2D eigenvalue weighted by Crippen LogP contribution is -2.09. The van der Waals surface area contributed by atoms with Crippen LogP contribution in [-0.2, 0) is 0 Å². The van der Waals surface area contributed by atoms with Gasteiger partial charge in [0.2, 0.25) is 0 Å². The first-order valence-electron chi connectivity index (χ1n) is 13.6. The van der Waals surface area contributed by atoms with E-state index < -0.39 is 0 Å². The van der Waals surface area contributed by atoms with E-state index in [4.69, 9.17) is 5.73 Å². The normalized spacial score (nSPS) is 12.8. The van der Waals surface area contributed by atoms with Gasteiger partial charge in [-0.1, -0.05) is 96.3 Å². The molecule has 1 atom stereocenters. The Morgan fingerprint density at radius 2 is 1.29 bits per heavy atom. The van der Waals surface area contributed by atoms with Crippen molar-refractivity contribution in [2.45, 2.75) is 96.9 Å². The van der Waals surface area contributed by atoms with Crippen LogP contribution < -0.4 is 11.1 Å². The van der Waals surface area contributed by atoms with Gasteiger partial charge in [-0.15, -0.1) is 22.7 Å². The molecule has 0 saturated heterocycles. The van der Waals surface area contributed by atoms with E-state index in [0.29, 0.717) is 0 Å². The third-order valence-corrected chi connectivity index (χ3v) is 9.51. The van der Waals surface area contributed by atoms with E-state index >= 15 is 0 Å². The van der Waals surface area contributed by atoms with Crippen LogP contribution in [0.15, 0.2) is 36.4 Å². The molecule has 2 aromatic carbocycles. The van der Waals surface area contributed by atoms with Crippen LogP contribution >= 0.6 is 22.7 Å². The molecule has 0 bridgehead atoms. The second-order valence-corrected chi connectivity index (χ2v) is 11.9. The standard InChI is InChI=1S/C30H42N2S2/c1-3-5-7-9-11-13-19-32-23-16-18-25-28(21-23)34-29-24-17-15-22(20-27(24)33-30(25)29)26(31)14-12-10-8-6-4-2/h15-18,20-21,26,32H,3-14,19,31H2,1-2H3. The van der Waals surface area contributed by atoms with Crippen molar-refractivity contribution in [1.82, 2.24) is 0 Å². The molecule has 4 aromatic rings. The Balaban J connectivity index is 1.40. The topological polar surface area (TPSA) is 38.0 Å². The van der Waals surface area contributed by atoms with E-state index in [-0.39, 0.29) is 6.04 Å². The average molecular weight is 495 g/mol. The SMILES string of the molecule is CCCCCCCCNc1ccc2c(c1)sc1c3ccc(C(N)CCCCCCC)cc3sc21. The van der Waals surface area contributed by atoms with E-state index in [0.717, 1.165) is 13.0 Å². The molecular formula is C30H42N2S2. The lowest BCUT2D eigenvalue weighted by Gasteiger charge is -2.12. The minimum atomic E-state index is 0.156.